The Morgan fingerprint density at radius 3 is 0.917 bits per heavy atom. The Hall–Kier alpha value is -5.90. The number of hydrogen-bond donors (Lipinski definition) is 1. The zero-order chi connectivity index (χ0) is 49.0. The molecular formula is C61H64O11. The van der Waals surface area contributed by atoms with Crippen LogP contribution < -0.4 is 0 Å². The highest BCUT2D eigenvalue weighted by Crippen LogP contribution is 2.34. The van der Waals surface area contributed by atoms with Crippen molar-refractivity contribution in [1.82, 2.24) is 0 Å². The Bertz CT molecular complexity index is 2550. The van der Waals surface area contributed by atoms with Crippen LogP contribution in [0.4, 0.5) is 0 Å². The Balaban J connectivity index is 1.04. The molecule has 7 aromatic carbocycles. The normalized spacial score (nSPS) is 24.2. The fourth-order valence-electron chi connectivity index (χ4n) is 8.97. The zero-order valence-electron chi connectivity index (χ0n) is 40.4. The average Bonchev–Trinajstić information content (AvgIpc) is 3.44. The third kappa shape index (κ3) is 14.8. The summed E-state index contributed by atoms with van der Waals surface area (Å²) in [4.78, 5) is 0. The molecule has 0 spiro atoms. The zero-order valence-corrected chi connectivity index (χ0v) is 40.4. The van der Waals surface area contributed by atoms with Crippen molar-refractivity contribution in [2.45, 2.75) is 108 Å². The molecule has 1 N–H and O–H groups in total. The molecule has 0 bridgehead atoms. The second kappa shape index (κ2) is 27.2. The van der Waals surface area contributed by atoms with Gasteiger partial charge in [-0.25, -0.2) is 0 Å². The molecule has 0 unspecified atom stereocenters. The predicted octanol–water partition coefficient (Wildman–Crippen LogP) is 10.2. The molecule has 0 saturated carbocycles. The first kappa shape index (κ1) is 51.0. The van der Waals surface area contributed by atoms with Crippen LogP contribution in [0.2, 0.25) is 0 Å². The van der Waals surface area contributed by atoms with Crippen LogP contribution in [0.3, 0.4) is 0 Å². The molecule has 72 heavy (non-hydrogen) atoms. The van der Waals surface area contributed by atoms with Crippen molar-refractivity contribution in [2.24, 2.45) is 0 Å². The lowest BCUT2D eigenvalue weighted by Crippen LogP contribution is -2.63. The first-order valence-electron chi connectivity index (χ1n) is 24.8. The minimum atomic E-state index is -1.41. The van der Waals surface area contributed by atoms with Crippen LogP contribution in [0.15, 0.2) is 212 Å². The highest BCUT2D eigenvalue weighted by Gasteiger charge is 2.52. The monoisotopic (exact) mass is 972 g/mol. The Morgan fingerprint density at radius 1 is 0.278 bits per heavy atom. The maximum Gasteiger partial charge on any atom is 0.187 e. The van der Waals surface area contributed by atoms with Gasteiger partial charge in [0.1, 0.15) is 48.8 Å². The molecule has 0 aromatic heterocycles. The number of aliphatic hydroxyl groups excluding tert-OH is 1. The summed E-state index contributed by atoms with van der Waals surface area (Å²) < 4.78 is 67.9. The number of ether oxygens (including phenoxy) is 10. The van der Waals surface area contributed by atoms with Crippen LogP contribution in [0, 0.1) is 0 Å². The van der Waals surface area contributed by atoms with E-state index in [9.17, 15) is 5.11 Å². The molecule has 9 rings (SSSR count). The lowest BCUT2D eigenvalue weighted by Gasteiger charge is -2.47. The van der Waals surface area contributed by atoms with Crippen LogP contribution in [-0.4, -0.2) is 79.7 Å². The molecule has 11 nitrogen and oxygen atoms in total. The molecule has 374 valence electrons. The van der Waals surface area contributed by atoms with Crippen molar-refractivity contribution in [1.29, 1.82) is 0 Å². The van der Waals surface area contributed by atoms with E-state index in [1.54, 1.807) is 0 Å². The van der Waals surface area contributed by atoms with E-state index in [0.717, 1.165) is 38.9 Å². The minimum absolute atomic E-state index is 0.0957. The van der Waals surface area contributed by atoms with Crippen molar-refractivity contribution < 1.29 is 52.5 Å². The van der Waals surface area contributed by atoms with Gasteiger partial charge in [-0.15, -0.1) is 0 Å². The first-order chi connectivity index (χ1) is 35.6. The van der Waals surface area contributed by atoms with Gasteiger partial charge < -0.3 is 52.5 Å². The van der Waals surface area contributed by atoms with E-state index in [-0.39, 0.29) is 52.9 Å². The van der Waals surface area contributed by atoms with Gasteiger partial charge in [0, 0.05) is 0 Å². The van der Waals surface area contributed by atoms with Crippen LogP contribution in [0.25, 0.3) is 0 Å². The fourth-order valence-corrected chi connectivity index (χ4v) is 8.97. The Labute approximate surface area is 423 Å². The lowest BCUT2D eigenvalue weighted by atomic mass is 9.97. The number of rotatable bonds is 25. The van der Waals surface area contributed by atoms with Crippen molar-refractivity contribution in [3.8, 4) is 0 Å². The number of hydrogen-bond acceptors (Lipinski definition) is 11. The standard InChI is InChI=1S/C61H64O11/c62-60-58(68-41-50-32-18-6-19-33-50)56(66-39-48-28-14-4-15-29-48)55(65-38-47-26-12-3-13-27-47)53(71-60)44-70-61-59(69-42-51-34-20-7-21-35-51)57(67-40-49-30-16-5-17-31-49)54(64-37-46-24-10-2-11-25-46)52(72-61)43-63-36-45-22-8-1-9-23-45/h1-35,52-62H,36-44H2/t52-,53-,54-,55-,56+,57+,58+,59-,60+,61+/m1/s1. The van der Waals surface area contributed by atoms with E-state index < -0.39 is 61.4 Å². The molecule has 2 aliphatic rings. The summed E-state index contributed by atoms with van der Waals surface area (Å²) in [5, 5.41) is 12.0. The summed E-state index contributed by atoms with van der Waals surface area (Å²) >= 11 is 0. The number of benzene rings is 7. The van der Waals surface area contributed by atoms with Gasteiger partial charge in [0.15, 0.2) is 12.6 Å². The Morgan fingerprint density at radius 2 is 0.556 bits per heavy atom. The molecule has 10 atom stereocenters. The van der Waals surface area contributed by atoms with Crippen molar-refractivity contribution in [2.75, 3.05) is 13.2 Å². The molecule has 0 aliphatic carbocycles. The number of aliphatic hydroxyl groups is 1. The van der Waals surface area contributed by atoms with Gasteiger partial charge in [0.05, 0.1) is 59.5 Å². The van der Waals surface area contributed by atoms with Crippen LogP contribution in [0.1, 0.15) is 38.9 Å². The largest absolute Gasteiger partial charge is 0.374 e. The molecule has 7 aromatic rings. The highest BCUT2D eigenvalue weighted by atomic mass is 16.7. The van der Waals surface area contributed by atoms with Crippen LogP contribution in [0.5, 0.6) is 0 Å². The Kier molecular flexibility index (Phi) is 19.3. The van der Waals surface area contributed by atoms with Gasteiger partial charge in [0.2, 0.25) is 0 Å². The third-order valence-electron chi connectivity index (χ3n) is 12.7. The van der Waals surface area contributed by atoms with Gasteiger partial charge >= 0.3 is 0 Å². The lowest BCUT2D eigenvalue weighted by molar-refractivity contribution is -0.349. The molecule has 11 heteroatoms. The summed E-state index contributed by atoms with van der Waals surface area (Å²) in [7, 11) is 0. The van der Waals surface area contributed by atoms with Gasteiger partial charge in [-0.3, -0.25) is 0 Å². The summed E-state index contributed by atoms with van der Waals surface area (Å²) in [6.07, 6.45) is -8.74. The maximum atomic E-state index is 12.0. The molecular weight excluding hydrogens is 909 g/mol. The van der Waals surface area contributed by atoms with E-state index in [2.05, 4.69) is 0 Å². The minimum Gasteiger partial charge on any atom is -0.374 e. The molecule has 2 aliphatic heterocycles. The fraction of sp³-hybridized carbons (Fsp3) is 0.311. The molecule has 2 fully saturated rings. The van der Waals surface area contributed by atoms with E-state index >= 15 is 0 Å². The van der Waals surface area contributed by atoms with Crippen LogP contribution >= 0.6 is 0 Å². The average molecular weight is 973 g/mol. The van der Waals surface area contributed by atoms with E-state index in [1.165, 1.54) is 0 Å². The first-order valence-corrected chi connectivity index (χ1v) is 24.8. The van der Waals surface area contributed by atoms with Gasteiger partial charge in [0.25, 0.3) is 0 Å². The summed E-state index contributed by atoms with van der Waals surface area (Å²) in [6, 6.07) is 69.7. The van der Waals surface area contributed by atoms with Gasteiger partial charge in [-0.1, -0.05) is 212 Å². The van der Waals surface area contributed by atoms with Crippen molar-refractivity contribution in [3.63, 3.8) is 0 Å². The van der Waals surface area contributed by atoms with Crippen LogP contribution in [-0.2, 0) is 93.6 Å². The quantitative estimate of drug-likeness (QED) is 0.0591. The maximum absolute atomic E-state index is 12.0. The molecule has 2 heterocycles. The van der Waals surface area contributed by atoms with Crippen molar-refractivity contribution in [3.05, 3.63) is 251 Å². The third-order valence-corrected chi connectivity index (χ3v) is 12.7. The molecule has 2 saturated heterocycles. The predicted molar refractivity (Wildman–Crippen MR) is 272 cm³/mol. The summed E-state index contributed by atoms with van der Waals surface area (Å²) in [5.41, 5.74) is 6.80. The van der Waals surface area contributed by atoms with E-state index in [0.29, 0.717) is 6.61 Å². The highest BCUT2D eigenvalue weighted by molar-refractivity contribution is 5.19. The second-order valence-corrected chi connectivity index (χ2v) is 18.0. The molecule has 0 amide bonds. The van der Waals surface area contributed by atoms with Gasteiger partial charge in [-0.05, 0) is 38.9 Å². The molecule has 0 radical (unpaired) electrons. The summed E-state index contributed by atoms with van der Waals surface area (Å²) in [6.45, 7) is 1.89. The smallest absolute Gasteiger partial charge is 0.187 e. The van der Waals surface area contributed by atoms with Crippen molar-refractivity contribution >= 4 is 0 Å². The van der Waals surface area contributed by atoms with Gasteiger partial charge in [-0.2, -0.15) is 0 Å². The van der Waals surface area contributed by atoms with E-state index in [4.69, 9.17) is 47.4 Å². The summed E-state index contributed by atoms with van der Waals surface area (Å²) in [5.74, 6) is 0. The topological polar surface area (TPSA) is 113 Å². The van der Waals surface area contributed by atoms with E-state index in [1.807, 2.05) is 212 Å². The second-order valence-electron chi connectivity index (χ2n) is 18.0. The SMILES string of the molecule is O[C@H]1O[C@H](CO[C@H]2O[C@H](COCc3ccccc3)[C@@H](OCc3ccccc3)[C@H](OCc3ccccc3)[C@H]2OCc2ccccc2)[C@@H](OCc2ccccc2)[C@H](OCc2ccccc2)[C@@H]1OCc1ccccc1.